The van der Waals surface area contributed by atoms with Crippen LogP contribution in [0.1, 0.15) is 66.7 Å². The minimum Gasteiger partial charge on any atom is -0.299 e. The van der Waals surface area contributed by atoms with Gasteiger partial charge in [0.05, 0.1) is 0 Å². The normalized spacial score (nSPS) is 14.1. The maximum absolute atomic E-state index is 11.8. The average molecular weight is 198 g/mol. The van der Waals surface area contributed by atoms with Crippen molar-refractivity contribution in [2.45, 2.75) is 66.7 Å². The quantitative estimate of drug-likeness (QED) is 0.625. The SMILES string of the molecule is CCCCC(CC)CC(=O)C(C)(C)C. The van der Waals surface area contributed by atoms with Gasteiger partial charge in [-0.3, -0.25) is 4.79 Å². The van der Waals surface area contributed by atoms with Crippen LogP contribution in [0.25, 0.3) is 0 Å². The van der Waals surface area contributed by atoms with E-state index in [0.717, 1.165) is 12.8 Å². The summed E-state index contributed by atoms with van der Waals surface area (Å²) in [6.45, 7) is 10.4. The lowest BCUT2D eigenvalue weighted by Crippen LogP contribution is -2.22. The fourth-order valence-corrected chi connectivity index (χ4v) is 1.51. The van der Waals surface area contributed by atoms with E-state index in [1.54, 1.807) is 0 Å². The molecule has 1 heteroatoms. The highest BCUT2D eigenvalue weighted by atomic mass is 16.1. The Morgan fingerprint density at radius 3 is 2.14 bits per heavy atom. The van der Waals surface area contributed by atoms with Crippen LogP contribution in [0.5, 0.6) is 0 Å². The zero-order valence-electron chi connectivity index (χ0n) is 10.5. The Bertz CT molecular complexity index is 165. The van der Waals surface area contributed by atoms with E-state index in [2.05, 4.69) is 13.8 Å². The molecule has 0 aliphatic heterocycles. The largest absolute Gasteiger partial charge is 0.299 e. The Balaban J connectivity index is 3.99. The topological polar surface area (TPSA) is 17.1 Å². The van der Waals surface area contributed by atoms with Gasteiger partial charge < -0.3 is 0 Å². The molecule has 0 aliphatic rings. The molecule has 1 nitrogen and oxygen atoms in total. The highest BCUT2D eigenvalue weighted by Gasteiger charge is 2.23. The molecule has 84 valence electrons. The first-order valence-corrected chi connectivity index (χ1v) is 5.95. The Hall–Kier alpha value is -0.330. The van der Waals surface area contributed by atoms with Crippen molar-refractivity contribution < 1.29 is 4.79 Å². The van der Waals surface area contributed by atoms with E-state index >= 15 is 0 Å². The summed E-state index contributed by atoms with van der Waals surface area (Å²) in [5.74, 6) is 1.03. The number of carbonyl (C=O) groups excluding carboxylic acids is 1. The number of rotatable bonds is 6. The molecule has 0 saturated heterocycles. The van der Waals surface area contributed by atoms with Gasteiger partial charge in [-0.1, -0.05) is 60.3 Å². The molecule has 0 radical (unpaired) electrons. The number of hydrogen-bond acceptors (Lipinski definition) is 1. The zero-order valence-corrected chi connectivity index (χ0v) is 10.5. The maximum atomic E-state index is 11.8. The Morgan fingerprint density at radius 2 is 1.79 bits per heavy atom. The maximum Gasteiger partial charge on any atom is 0.138 e. The summed E-state index contributed by atoms with van der Waals surface area (Å²) >= 11 is 0. The van der Waals surface area contributed by atoms with Crippen LogP contribution in [0.3, 0.4) is 0 Å². The summed E-state index contributed by atoms with van der Waals surface area (Å²) in [7, 11) is 0. The third-order valence-electron chi connectivity index (χ3n) is 2.85. The van der Waals surface area contributed by atoms with Crippen molar-refractivity contribution in [2.24, 2.45) is 11.3 Å². The highest BCUT2D eigenvalue weighted by molar-refractivity contribution is 5.83. The van der Waals surface area contributed by atoms with E-state index < -0.39 is 0 Å². The van der Waals surface area contributed by atoms with Gasteiger partial charge in [0.1, 0.15) is 5.78 Å². The smallest absolute Gasteiger partial charge is 0.138 e. The number of ketones is 1. The van der Waals surface area contributed by atoms with Crippen molar-refractivity contribution in [3.8, 4) is 0 Å². The van der Waals surface area contributed by atoms with Crippen molar-refractivity contribution in [3.05, 3.63) is 0 Å². The molecule has 0 N–H and O–H groups in total. The van der Waals surface area contributed by atoms with E-state index in [4.69, 9.17) is 0 Å². The Labute approximate surface area is 89.3 Å². The summed E-state index contributed by atoms with van der Waals surface area (Å²) in [4.78, 5) is 11.8. The van der Waals surface area contributed by atoms with Gasteiger partial charge in [0, 0.05) is 11.8 Å². The fourth-order valence-electron chi connectivity index (χ4n) is 1.51. The second kappa shape index (κ2) is 6.21. The number of carbonyl (C=O) groups is 1. The molecule has 0 fully saturated rings. The molecule has 0 bridgehead atoms. The average Bonchev–Trinajstić information content (AvgIpc) is 2.10. The first-order chi connectivity index (χ1) is 6.41. The molecule has 1 atom stereocenters. The van der Waals surface area contributed by atoms with Crippen LogP contribution in [-0.2, 0) is 4.79 Å². The van der Waals surface area contributed by atoms with E-state index in [1.807, 2.05) is 20.8 Å². The molecule has 0 heterocycles. The molecule has 0 aliphatic carbocycles. The van der Waals surface area contributed by atoms with Gasteiger partial charge in [0.25, 0.3) is 0 Å². The summed E-state index contributed by atoms with van der Waals surface area (Å²) in [5.41, 5.74) is -0.153. The standard InChI is InChI=1S/C13H26O/c1-6-8-9-11(7-2)10-12(14)13(3,4)5/h11H,6-10H2,1-5H3. The zero-order chi connectivity index (χ0) is 11.2. The Kier molecular flexibility index (Phi) is 6.06. The molecule has 0 aromatic carbocycles. The monoisotopic (exact) mass is 198 g/mol. The van der Waals surface area contributed by atoms with Crippen LogP contribution in [0.4, 0.5) is 0 Å². The van der Waals surface area contributed by atoms with E-state index in [9.17, 15) is 4.79 Å². The third kappa shape index (κ3) is 5.41. The number of Topliss-reactive ketones (excluding diaryl/α,β-unsaturated/α-hetero) is 1. The number of hydrogen-bond donors (Lipinski definition) is 0. The van der Waals surface area contributed by atoms with Crippen molar-refractivity contribution in [1.29, 1.82) is 0 Å². The molecule has 0 saturated carbocycles. The molecule has 1 unspecified atom stereocenters. The minimum absolute atomic E-state index is 0.153. The molecule has 0 aromatic rings. The molecule has 14 heavy (non-hydrogen) atoms. The molecular formula is C13H26O. The van der Waals surface area contributed by atoms with Crippen LogP contribution >= 0.6 is 0 Å². The van der Waals surface area contributed by atoms with E-state index in [-0.39, 0.29) is 5.41 Å². The van der Waals surface area contributed by atoms with Gasteiger partial charge in [-0.15, -0.1) is 0 Å². The van der Waals surface area contributed by atoms with E-state index in [1.165, 1.54) is 19.3 Å². The molecular weight excluding hydrogens is 172 g/mol. The van der Waals surface area contributed by atoms with Crippen molar-refractivity contribution >= 4 is 5.78 Å². The molecule has 0 rings (SSSR count). The van der Waals surface area contributed by atoms with Crippen molar-refractivity contribution in [2.75, 3.05) is 0 Å². The van der Waals surface area contributed by atoms with Crippen LogP contribution in [-0.4, -0.2) is 5.78 Å². The van der Waals surface area contributed by atoms with Crippen molar-refractivity contribution in [3.63, 3.8) is 0 Å². The lowest BCUT2D eigenvalue weighted by atomic mass is 9.83. The molecule has 0 aromatic heterocycles. The second-order valence-corrected chi connectivity index (χ2v) is 5.29. The van der Waals surface area contributed by atoms with Gasteiger partial charge in [0.15, 0.2) is 0 Å². The predicted octanol–water partition coefficient (Wildman–Crippen LogP) is 4.21. The molecule has 0 spiro atoms. The van der Waals surface area contributed by atoms with Crippen molar-refractivity contribution in [1.82, 2.24) is 0 Å². The van der Waals surface area contributed by atoms with Crippen LogP contribution in [0, 0.1) is 11.3 Å². The summed E-state index contributed by atoms with van der Waals surface area (Å²) in [5, 5.41) is 0. The fraction of sp³-hybridized carbons (Fsp3) is 0.923. The van der Waals surface area contributed by atoms with Crippen LogP contribution < -0.4 is 0 Å². The third-order valence-corrected chi connectivity index (χ3v) is 2.85. The van der Waals surface area contributed by atoms with E-state index in [0.29, 0.717) is 11.7 Å². The summed E-state index contributed by atoms with van der Waals surface area (Å²) in [6, 6.07) is 0. The first kappa shape index (κ1) is 13.7. The second-order valence-electron chi connectivity index (χ2n) is 5.29. The molecule has 0 amide bonds. The highest BCUT2D eigenvalue weighted by Crippen LogP contribution is 2.24. The van der Waals surface area contributed by atoms with Gasteiger partial charge in [-0.2, -0.15) is 0 Å². The van der Waals surface area contributed by atoms with Gasteiger partial charge in [0.2, 0.25) is 0 Å². The first-order valence-electron chi connectivity index (χ1n) is 5.95. The Morgan fingerprint density at radius 1 is 1.21 bits per heavy atom. The van der Waals surface area contributed by atoms with Crippen LogP contribution in [0.2, 0.25) is 0 Å². The lowest BCUT2D eigenvalue weighted by molar-refractivity contribution is -0.127. The van der Waals surface area contributed by atoms with Gasteiger partial charge >= 0.3 is 0 Å². The van der Waals surface area contributed by atoms with Crippen LogP contribution in [0.15, 0.2) is 0 Å². The summed E-state index contributed by atoms with van der Waals surface area (Å²) < 4.78 is 0. The minimum atomic E-state index is -0.153. The van der Waals surface area contributed by atoms with Gasteiger partial charge in [-0.25, -0.2) is 0 Å². The number of unbranched alkanes of at least 4 members (excludes halogenated alkanes) is 1. The lowest BCUT2D eigenvalue weighted by Gasteiger charge is -2.21. The van der Waals surface area contributed by atoms with Gasteiger partial charge in [-0.05, 0) is 5.92 Å². The summed E-state index contributed by atoms with van der Waals surface area (Å²) in [6.07, 6.45) is 5.63. The predicted molar refractivity (Wildman–Crippen MR) is 62.4 cm³/mol.